The lowest BCUT2D eigenvalue weighted by Gasteiger charge is -2.32. The van der Waals surface area contributed by atoms with Gasteiger partial charge in [0.25, 0.3) is 0 Å². The fraction of sp³-hybridized carbons (Fsp3) is 0.565. The Balaban J connectivity index is 0.000000989. The first-order chi connectivity index (χ1) is 14.1. The molecule has 3 heterocycles. The van der Waals surface area contributed by atoms with Gasteiger partial charge < -0.3 is 9.64 Å². The Morgan fingerprint density at radius 2 is 1.93 bits per heavy atom. The summed E-state index contributed by atoms with van der Waals surface area (Å²) in [6.45, 7) is 18.7. The van der Waals surface area contributed by atoms with E-state index in [1.54, 1.807) is 11.8 Å². The van der Waals surface area contributed by atoms with Crippen LogP contribution in [0.5, 0.6) is 0 Å². The molecule has 2 aromatic heterocycles. The van der Waals surface area contributed by atoms with Crippen LogP contribution >= 0.6 is 11.8 Å². The van der Waals surface area contributed by atoms with Crippen molar-refractivity contribution in [2.45, 2.75) is 58.9 Å². The van der Waals surface area contributed by atoms with E-state index in [2.05, 4.69) is 41.3 Å². The first-order valence-corrected chi connectivity index (χ1v) is 11.7. The number of ether oxygens (including phenoxy) is 1. The number of carbonyl (C=O) groups excluding carboxylic acids is 1. The van der Waals surface area contributed by atoms with Crippen molar-refractivity contribution < 1.29 is 9.53 Å². The molecule has 5 nitrogen and oxygen atoms in total. The highest BCUT2D eigenvalue weighted by Gasteiger charge is 2.22. The molecule has 1 aliphatic heterocycles. The summed E-state index contributed by atoms with van der Waals surface area (Å²) < 4.78 is 7.29. The predicted molar refractivity (Wildman–Crippen MR) is 125 cm³/mol. The van der Waals surface area contributed by atoms with Crippen LogP contribution in [0.25, 0.3) is 5.65 Å². The van der Waals surface area contributed by atoms with Crippen molar-refractivity contribution in [3.63, 3.8) is 0 Å². The number of anilines is 1. The molecule has 0 aliphatic carbocycles. The summed E-state index contributed by atoms with van der Waals surface area (Å²) >= 11 is 1.78. The Labute approximate surface area is 180 Å². The van der Waals surface area contributed by atoms with Crippen LogP contribution in [0, 0.1) is 5.92 Å². The molecule has 0 N–H and O–H groups in total. The van der Waals surface area contributed by atoms with E-state index in [1.165, 1.54) is 12.8 Å². The van der Waals surface area contributed by atoms with Crippen molar-refractivity contribution in [2.75, 3.05) is 30.3 Å². The molecule has 0 bridgehead atoms. The molecule has 1 saturated heterocycles. The maximum absolute atomic E-state index is 12.3. The standard InChI is InChI=1S/C19H27N3O2S.C2H6.C2H4/c1-4-10-25-17-12-20-18-16(21-8-6-14(3)7-9-21)11-15(13-22(17)18)19(23)24-5-2;2*1-2/h11-14H,4-10H2,1-3H3;1-2H3;1-2H2. The number of aromatic nitrogens is 2. The van der Waals surface area contributed by atoms with Gasteiger partial charge in [-0.25, -0.2) is 9.78 Å². The predicted octanol–water partition coefficient (Wildman–Crippen LogP) is 6.08. The number of esters is 1. The first kappa shape index (κ1) is 25.1. The van der Waals surface area contributed by atoms with E-state index >= 15 is 0 Å². The maximum Gasteiger partial charge on any atom is 0.339 e. The van der Waals surface area contributed by atoms with Gasteiger partial charge in [0.05, 0.1) is 29.1 Å². The number of carbonyl (C=O) groups is 1. The third-order valence-corrected chi connectivity index (χ3v) is 5.85. The summed E-state index contributed by atoms with van der Waals surface area (Å²) in [6, 6.07) is 1.95. The number of hydrogen-bond donors (Lipinski definition) is 0. The molecule has 3 rings (SSSR count). The van der Waals surface area contributed by atoms with E-state index < -0.39 is 0 Å². The number of piperidine rings is 1. The normalized spacial score (nSPS) is 13.9. The van der Waals surface area contributed by atoms with Gasteiger partial charge in [-0.2, -0.15) is 0 Å². The molecule has 0 atom stereocenters. The molecular weight excluding hydrogens is 382 g/mol. The van der Waals surface area contributed by atoms with Gasteiger partial charge in [-0.3, -0.25) is 4.40 Å². The molecule has 1 aliphatic rings. The highest BCUT2D eigenvalue weighted by atomic mass is 32.2. The van der Waals surface area contributed by atoms with Gasteiger partial charge in [0.1, 0.15) is 0 Å². The van der Waals surface area contributed by atoms with Crippen molar-refractivity contribution in [3.05, 3.63) is 37.2 Å². The molecule has 6 heteroatoms. The summed E-state index contributed by atoms with van der Waals surface area (Å²) in [7, 11) is 0. The average molecular weight is 420 g/mol. The Hall–Kier alpha value is -1.95. The first-order valence-electron chi connectivity index (χ1n) is 10.7. The van der Waals surface area contributed by atoms with Gasteiger partial charge in [-0.05, 0) is 43.9 Å². The number of fused-ring (bicyclic) bond motifs is 1. The van der Waals surface area contributed by atoms with Crippen LogP contribution in [0.1, 0.15) is 64.2 Å². The second-order valence-electron chi connectivity index (χ2n) is 6.64. The van der Waals surface area contributed by atoms with E-state index in [1.807, 2.05) is 39.2 Å². The molecule has 0 aromatic carbocycles. The lowest BCUT2D eigenvalue weighted by molar-refractivity contribution is 0.0525. The van der Waals surface area contributed by atoms with E-state index in [9.17, 15) is 4.79 Å². The van der Waals surface area contributed by atoms with Crippen molar-refractivity contribution >= 4 is 29.1 Å². The van der Waals surface area contributed by atoms with Crippen LogP contribution in [0.15, 0.2) is 36.6 Å². The lowest BCUT2D eigenvalue weighted by Crippen LogP contribution is -2.33. The number of imidazole rings is 1. The Morgan fingerprint density at radius 1 is 1.28 bits per heavy atom. The summed E-state index contributed by atoms with van der Waals surface area (Å²) in [6.07, 6.45) is 7.24. The summed E-state index contributed by atoms with van der Waals surface area (Å²) in [5, 5.41) is 1.08. The van der Waals surface area contributed by atoms with Gasteiger partial charge in [0.15, 0.2) is 5.65 Å². The smallest absolute Gasteiger partial charge is 0.339 e. The Bertz CT molecular complexity index is 752. The van der Waals surface area contributed by atoms with Crippen LogP contribution in [0.2, 0.25) is 0 Å². The van der Waals surface area contributed by atoms with Crippen molar-refractivity contribution in [1.29, 1.82) is 0 Å². The van der Waals surface area contributed by atoms with Crippen LogP contribution in [-0.4, -0.2) is 40.8 Å². The lowest BCUT2D eigenvalue weighted by atomic mass is 9.99. The minimum Gasteiger partial charge on any atom is -0.462 e. The summed E-state index contributed by atoms with van der Waals surface area (Å²) in [4.78, 5) is 19.4. The third kappa shape index (κ3) is 6.53. The highest BCUT2D eigenvalue weighted by Crippen LogP contribution is 2.31. The molecule has 162 valence electrons. The molecule has 0 amide bonds. The Morgan fingerprint density at radius 3 is 2.52 bits per heavy atom. The SMILES string of the molecule is C=C.CC.CCCSc1cnc2c(N3CCC(C)CC3)cc(C(=O)OCC)cn12. The van der Waals surface area contributed by atoms with Gasteiger partial charge in [-0.1, -0.05) is 27.7 Å². The zero-order chi connectivity index (χ0) is 21.8. The number of hydrogen-bond acceptors (Lipinski definition) is 5. The van der Waals surface area contributed by atoms with Crippen LogP contribution in [-0.2, 0) is 4.74 Å². The summed E-state index contributed by atoms with van der Waals surface area (Å²) in [5.41, 5.74) is 2.57. The van der Waals surface area contributed by atoms with Gasteiger partial charge >= 0.3 is 5.97 Å². The van der Waals surface area contributed by atoms with E-state index in [-0.39, 0.29) is 5.97 Å². The largest absolute Gasteiger partial charge is 0.462 e. The maximum atomic E-state index is 12.3. The van der Waals surface area contributed by atoms with Crippen LogP contribution in [0.4, 0.5) is 5.69 Å². The van der Waals surface area contributed by atoms with Crippen molar-refractivity contribution in [1.82, 2.24) is 9.38 Å². The molecule has 29 heavy (non-hydrogen) atoms. The molecule has 2 aromatic rings. The monoisotopic (exact) mass is 419 g/mol. The number of thioether (sulfide) groups is 1. The zero-order valence-corrected chi connectivity index (χ0v) is 19.6. The van der Waals surface area contributed by atoms with Gasteiger partial charge in [0, 0.05) is 19.3 Å². The van der Waals surface area contributed by atoms with E-state index in [0.29, 0.717) is 12.2 Å². The second kappa shape index (κ2) is 13.3. The molecule has 0 radical (unpaired) electrons. The molecule has 0 spiro atoms. The number of pyridine rings is 1. The van der Waals surface area contributed by atoms with Gasteiger partial charge in [0.2, 0.25) is 0 Å². The molecule has 0 saturated carbocycles. The minimum absolute atomic E-state index is 0.267. The number of nitrogens with zero attached hydrogens (tertiary/aromatic N) is 3. The van der Waals surface area contributed by atoms with Crippen molar-refractivity contribution in [2.24, 2.45) is 5.92 Å². The molecule has 1 fully saturated rings. The van der Waals surface area contributed by atoms with E-state index in [4.69, 9.17) is 4.74 Å². The fourth-order valence-corrected chi connectivity index (χ4v) is 3.99. The Kier molecular flexibility index (Phi) is 11.5. The second-order valence-corrected chi connectivity index (χ2v) is 7.76. The van der Waals surface area contributed by atoms with Crippen molar-refractivity contribution in [3.8, 4) is 0 Å². The van der Waals surface area contributed by atoms with E-state index in [0.717, 1.165) is 47.5 Å². The number of rotatable bonds is 6. The van der Waals surface area contributed by atoms with Crippen LogP contribution in [0.3, 0.4) is 0 Å². The van der Waals surface area contributed by atoms with Gasteiger partial charge in [-0.15, -0.1) is 24.9 Å². The van der Waals surface area contributed by atoms with Crippen LogP contribution < -0.4 is 4.90 Å². The topological polar surface area (TPSA) is 46.8 Å². The molecule has 0 unspecified atom stereocenters. The highest BCUT2D eigenvalue weighted by molar-refractivity contribution is 7.99. The average Bonchev–Trinajstić information content (AvgIpc) is 3.18. The third-order valence-electron chi connectivity index (χ3n) is 4.64. The zero-order valence-electron chi connectivity index (χ0n) is 18.7. The molecular formula is C23H37N3O2S. The minimum atomic E-state index is -0.267. The fourth-order valence-electron chi connectivity index (χ4n) is 3.17. The quantitative estimate of drug-likeness (QED) is 0.323. The summed E-state index contributed by atoms with van der Waals surface area (Å²) in [5.74, 6) is 1.53.